The van der Waals surface area contributed by atoms with Crippen LogP contribution in [-0.2, 0) is 14.9 Å². The van der Waals surface area contributed by atoms with Gasteiger partial charge in [0.2, 0.25) is 0 Å². The van der Waals surface area contributed by atoms with Crippen LogP contribution in [0, 0.1) is 5.82 Å². The summed E-state index contributed by atoms with van der Waals surface area (Å²) < 4.78 is 18.1. The maximum atomic E-state index is 13.5. The number of carbonyl (C=O) groups is 1. The Hall–Kier alpha value is -1.42. The third-order valence-electron chi connectivity index (χ3n) is 2.51. The van der Waals surface area contributed by atoms with Gasteiger partial charge in [0.1, 0.15) is 11.2 Å². The molecule has 1 aromatic carbocycles. The predicted octanol–water partition coefficient (Wildman–Crippen LogP) is 1.22. The van der Waals surface area contributed by atoms with Crippen LogP contribution in [0.25, 0.3) is 0 Å². The SMILES string of the molecule is COC(=O)[C@@](C)(CN)c1ccccc1F. The van der Waals surface area contributed by atoms with Gasteiger partial charge in [-0.05, 0) is 13.0 Å². The molecule has 0 aromatic heterocycles. The Morgan fingerprint density at radius 3 is 2.60 bits per heavy atom. The number of rotatable bonds is 3. The van der Waals surface area contributed by atoms with Gasteiger partial charge in [-0.15, -0.1) is 0 Å². The fourth-order valence-corrected chi connectivity index (χ4v) is 1.44. The van der Waals surface area contributed by atoms with E-state index in [9.17, 15) is 9.18 Å². The molecule has 0 heterocycles. The number of hydrogen-bond acceptors (Lipinski definition) is 3. The number of methoxy groups -OCH3 is 1. The number of nitrogens with two attached hydrogens (primary N) is 1. The lowest BCUT2D eigenvalue weighted by Gasteiger charge is -2.25. The van der Waals surface area contributed by atoms with Gasteiger partial charge in [0.25, 0.3) is 0 Å². The molecule has 4 heteroatoms. The molecule has 0 radical (unpaired) electrons. The standard InChI is InChI=1S/C11H14FNO2/c1-11(7-13,10(14)15-2)8-5-3-4-6-9(8)12/h3-6H,7,13H2,1-2H3/t11-/m0/s1. The van der Waals surface area contributed by atoms with Gasteiger partial charge in [-0.2, -0.15) is 0 Å². The van der Waals surface area contributed by atoms with Crippen LogP contribution in [0.3, 0.4) is 0 Å². The predicted molar refractivity (Wildman–Crippen MR) is 54.8 cm³/mol. The second-order valence-corrected chi connectivity index (χ2v) is 3.51. The fraction of sp³-hybridized carbons (Fsp3) is 0.364. The monoisotopic (exact) mass is 211 g/mol. The van der Waals surface area contributed by atoms with Crippen molar-refractivity contribution in [2.24, 2.45) is 5.73 Å². The Morgan fingerprint density at radius 2 is 2.13 bits per heavy atom. The Morgan fingerprint density at radius 1 is 1.53 bits per heavy atom. The van der Waals surface area contributed by atoms with Crippen molar-refractivity contribution in [2.75, 3.05) is 13.7 Å². The van der Waals surface area contributed by atoms with E-state index in [4.69, 9.17) is 5.73 Å². The largest absolute Gasteiger partial charge is 0.468 e. The van der Waals surface area contributed by atoms with Gasteiger partial charge in [0.15, 0.2) is 0 Å². The molecule has 0 aliphatic rings. The molecule has 0 spiro atoms. The molecule has 0 saturated carbocycles. The molecule has 1 rings (SSSR count). The average Bonchev–Trinajstić information content (AvgIpc) is 2.27. The second kappa shape index (κ2) is 4.40. The minimum atomic E-state index is -1.12. The zero-order valence-corrected chi connectivity index (χ0v) is 8.79. The minimum Gasteiger partial charge on any atom is -0.468 e. The highest BCUT2D eigenvalue weighted by Gasteiger charge is 2.37. The van der Waals surface area contributed by atoms with Gasteiger partial charge in [-0.25, -0.2) is 4.39 Å². The summed E-state index contributed by atoms with van der Waals surface area (Å²) in [5, 5.41) is 0. The summed E-state index contributed by atoms with van der Waals surface area (Å²) in [7, 11) is 1.26. The third kappa shape index (κ3) is 1.99. The van der Waals surface area contributed by atoms with E-state index in [2.05, 4.69) is 4.74 Å². The Balaban J connectivity index is 3.23. The van der Waals surface area contributed by atoms with E-state index in [1.54, 1.807) is 25.1 Å². The third-order valence-corrected chi connectivity index (χ3v) is 2.51. The molecular formula is C11H14FNO2. The van der Waals surface area contributed by atoms with Crippen LogP contribution < -0.4 is 5.73 Å². The van der Waals surface area contributed by atoms with Crippen molar-refractivity contribution in [2.45, 2.75) is 12.3 Å². The molecule has 3 nitrogen and oxygen atoms in total. The quantitative estimate of drug-likeness (QED) is 0.765. The highest BCUT2D eigenvalue weighted by Crippen LogP contribution is 2.26. The van der Waals surface area contributed by atoms with Crippen molar-refractivity contribution in [1.29, 1.82) is 0 Å². The molecule has 82 valence electrons. The Labute approximate surface area is 88.0 Å². The van der Waals surface area contributed by atoms with Crippen LogP contribution in [-0.4, -0.2) is 19.6 Å². The van der Waals surface area contributed by atoms with Crippen molar-refractivity contribution in [3.8, 4) is 0 Å². The van der Waals surface area contributed by atoms with Gasteiger partial charge in [0.05, 0.1) is 7.11 Å². The van der Waals surface area contributed by atoms with Crippen LogP contribution in [0.1, 0.15) is 12.5 Å². The average molecular weight is 211 g/mol. The minimum absolute atomic E-state index is 0.000602. The van der Waals surface area contributed by atoms with Crippen LogP contribution in [0.4, 0.5) is 4.39 Å². The van der Waals surface area contributed by atoms with Crippen LogP contribution in [0.2, 0.25) is 0 Å². The van der Waals surface area contributed by atoms with E-state index in [0.29, 0.717) is 0 Å². The van der Waals surface area contributed by atoms with E-state index in [0.717, 1.165) is 0 Å². The van der Waals surface area contributed by atoms with Crippen LogP contribution in [0.15, 0.2) is 24.3 Å². The normalized spacial score (nSPS) is 14.4. The van der Waals surface area contributed by atoms with Crippen molar-refractivity contribution < 1.29 is 13.9 Å². The first-order valence-electron chi connectivity index (χ1n) is 4.59. The van der Waals surface area contributed by atoms with E-state index in [1.165, 1.54) is 13.2 Å². The molecule has 1 aromatic rings. The number of halogens is 1. The Bertz CT molecular complexity index is 367. The molecule has 0 aliphatic heterocycles. The first-order chi connectivity index (χ1) is 7.06. The van der Waals surface area contributed by atoms with E-state index < -0.39 is 17.2 Å². The summed E-state index contributed by atoms with van der Waals surface area (Å²) in [6, 6.07) is 6.06. The number of carbonyl (C=O) groups excluding carboxylic acids is 1. The number of hydrogen-bond donors (Lipinski definition) is 1. The lowest BCUT2D eigenvalue weighted by molar-refractivity contribution is -0.146. The van der Waals surface area contributed by atoms with Crippen molar-refractivity contribution >= 4 is 5.97 Å². The maximum absolute atomic E-state index is 13.5. The first-order valence-corrected chi connectivity index (χ1v) is 4.59. The number of ether oxygens (including phenoxy) is 1. The summed E-state index contributed by atoms with van der Waals surface area (Å²) >= 11 is 0. The zero-order valence-electron chi connectivity index (χ0n) is 8.79. The molecular weight excluding hydrogens is 197 g/mol. The van der Waals surface area contributed by atoms with Gasteiger partial charge in [-0.3, -0.25) is 4.79 Å². The summed E-state index contributed by atoms with van der Waals surface area (Å²) in [6.45, 7) is 1.57. The lowest BCUT2D eigenvalue weighted by atomic mass is 9.82. The van der Waals surface area contributed by atoms with Gasteiger partial charge < -0.3 is 10.5 Å². The number of esters is 1. The van der Waals surface area contributed by atoms with E-state index >= 15 is 0 Å². The molecule has 1 atom stereocenters. The van der Waals surface area contributed by atoms with Crippen molar-refractivity contribution in [3.63, 3.8) is 0 Å². The lowest BCUT2D eigenvalue weighted by Crippen LogP contribution is -2.41. The highest BCUT2D eigenvalue weighted by atomic mass is 19.1. The molecule has 0 fully saturated rings. The molecule has 0 saturated heterocycles. The first kappa shape index (κ1) is 11.7. The van der Waals surface area contributed by atoms with Gasteiger partial charge in [-0.1, -0.05) is 18.2 Å². The molecule has 0 unspecified atom stereocenters. The maximum Gasteiger partial charge on any atom is 0.317 e. The van der Waals surface area contributed by atoms with Gasteiger partial charge >= 0.3 is 5.97 Å². The fourth-order valence-electron chi connectivity index (χ4n) is 1.44. The van der Waals surface area contributed by atoms with Crippen LogP contribution in [0.5, 0.6) is 0 Å². The summed E-state index contributed by atoms with van der Waals surface area (Å²) in [5.74, 6) is -0.981. The van der Waals surface area contributed by atoms with Gasteiger partial charge in [0, 0.05) is 12.1 Å². The van der Waals surface area contributed by atoms with E-state index in [-0.39, 0.29) is 12.1 Å². The summed E-state index contributed by atoms with van der Waals surface area (Å²) in [5.41, 5.74) is 4.66. The molecule has 0 amide bonds. The second-order valence-electron chi connectivity index (χ2n) is 3.51. The van der Waals surface area contributed by atoms with Crippen LogP contribution >= 0.6 is 0 Å². The Kier molecular flexibility index (Phi) is 3.42. The highest BCUT2D eigenvalue weighted by molar-refractivity contribution is 5.83. The van der Waals surface area contributed by atoms with Crippen molar-refractivity contribution in [3.05, 3.63) is 35.6 Å². The zero-order chi connectivity index (χ0) is 11.5. The number of benzene rings is 1. The molecule has 15 heavy (non-hydrogen) atoms. The molecule has 0 aliphatic carbocycles. The smallest absolute Gasteiger partial charge is 0.317 e. The molecule has 0 bridgehead atoms. The summed E-state index contributed by atoms with van der Waals surface area (Å²) in [6.07, 6.45) is 0. The van der Waals surface area contributed by atoms with E-state index in [1.807, 2.05) is 0 Å². The summed E-state index contributed by atoms with van der Waals surface area (Å²) in [4.78, 5) is 11.5. The topological polar surface area (TPSA) is 52.3 Å². The van der Waals surface area contributed by atoms with Crippen molar-refractivity contribution in [1.82, 2.24) is 0 Å². The molecule has 2 N–H and O–H groups in total.